The SMILES string of the molecule is O=C(Cc1ccc(O)cc1)Nc1nc(-c2cccc(Br)c2)cs1. The van der Waals surface area contributed by atoms with Gasteiger partial charge in [0.15, 0.2) is 5.13 Å². The molecule has 0 spiro atoms. The van der Waals surface area contributed by atoms with Crippen LogP contribution in [0.15, 0.2) is 58.4 Å². The van der Waals surface area contributed by atoms with Gasteiger partial charge in [-0.25, -0.2) is 4.98 Å². The molecule has 2 N–H and O–H groups in total. The summed E-state index contributed by atoms with van der Waals surface area (Å²) < 4.78 is 0.987. The first-order valence-electron chi connectivity index (χ1n) is 6.89. The van der Waals surface area contributed by atoms with Crippen LogP contribution in [0.4, 0.5) is 5.13 Å². The first-order valence-corrected chi connectivity index (χ1v) is 8.56. The number of aromatic nitrogens is 1. The van der Waals surface area contributed by atoms with Crippen molar-refractivity contribution in [3.8, 4) is 17.0 Å². The van der Waals surface area contributed by atoms with Crippen molar-refractivity contribution in [1.29, 1.82) is 0 Å². The van der Waals surface area contributed by atoms with Crippen LogP contribution in [0.1, 0.15) is 5.56 Å². The van der Waals surface area contributed by atoms with E-state index in [0.29, 0.717) is 5.13 Å². The molecule has 23 heavy (non-hydrogen) atoms. The molecule has 116 valence electrons. The number of carbonyl (C=O) groups excluding carboxylic acids is 1. The molecule has 0 unspecified atom stereocenters. The molecule has 0 aliphatic heterocycles. The van der Waals surface area contributed by atoms with Crippen molar-refractivity contribution in [2.75, 3.05) is 5.32 Å². The van der Waals surface area contributed by atoms with E-state index in [0.717, 1.165) is 21.3 Å². The Hall–Kier alpha value is -2.18. The molecule has 6 heteroatoms. The summed E-state index contributed by atoms with van der Waals surface area (Å²) in [5, 5.41) is 14.5. The van der Waals surface area contributed by atoms with E-state index >= 15 is 0 Å². The van der Waals surface area contributed by atoms with Gasteiger partial charge in [0.2, 0.25) is 5.91 Å². The van der Waals surface area contributed by atoms with Gasteiger partial charge in [-0.05, 0) is 29.8 Å². The number of amides is 1. The Labute approximate surface area is 146 Å². The van der Waals surface area contributed by atoms with Crippen LogP contribution in [-0.4, -0.2) is 16.0 Å². The Bertz CT molecular complexity index is 831. The predicted octanol–water partition coefficient (Wildman–Crippen LogP) is 4.46. The molecule has 0 saturated carbocycles. The third-order valence-corrected chi connectivity index (χ3v) is 4.42. The molecule has 0 bridgehead atoms. The number of thiazole rings is 1. The second kappa shape index (κ2) is 6.93. The number of anilines is 1. The fourth-order valence-corrected chi connectivity index (χ4v) is 3.21. The van der Waals surface area contributed by atoms with E-state index in [1.807, 2.05) is 29.6 Å². The van der Waals surface area contributed by atoms with Gasteiger partial charge in [0, 0.05) is 15.4 Å². The molecule has 0 saturated heterocycles. The van der Waals surface area contributed by atoms with E-state index in [4.69, 9.17) is 0 Å². The van der Waals surface area contributed by atoms with Crippen LogP contribution in [0.5, 0.6) is 5.75 Å². The molecule has 1 heterocycles. The van der Waals surface area contributed by atoms with E-state index in [2.05, 4.69) is 26.2 Å². The first-order chi connectivity index (χ1) is 11.1. The largest absolute Gasteiger partial charge is 0.508 e. The number of phenols is 1. The van der Waals surface area contributed by atoms with Gasteiger partial charge in [0.1, 0.15) is 5.75 Å². The summed E-state index contributed by atoms with van der Waals surface area (Å²) in [6.07, 6.45) is 0.242. The third-order valence-electron chi connectivity index (χ3n) is 3.17. The molecule has 0 radical (unpaired) electrons. The Balaban J connectivity index is 1.66. The summed E-state index contributed by atoms with van der Waals surface area (Å²) in [5.41, 5.74) is 2.66. The number of nitrogens with one attached hydrogen (secondary N) is 1. The minimum Gasteiger partial charge on any atom is -0.508 e. The lowest BCUT2D eigenvalue weighted by Crippen LogP contribution is -2.14. The normalized spacial score (nSPS) is 10.5. The number of hydrogen-bond donors (Lipinski definition) is 2. The number of hydrogen-bond acceptors (Lipinski definition) is 4. The molecular weight excluding hydrogens is 376 g/mol. The smallest absolute Gasteiger partial charge is 0.230 e. The fraction of sp³-hybridized carbons (Fsp3) is 0.0588. The van der Waals surface area contributed by atoms with E-state index in [9.17, 15) is 9.90 Å². The molecule has 0 atom stereocenters. The highest BCUT2D eigenvalue weighted by Gasteiger charge is 2.09. The maximum atomic E-state index is 12.1. The zero-order valence-electron chi connectivity index (χ0n) is 12.0. The molecule has 0 aliphatic carbocycles. The molecule has 4 nitrogen and oxygen atoms in total. The summed E-state index contributed by atoms with van der Waals surface area (Å²) >= 11 is 4.83. The van der Waals surface area contributed by atoms with Crippen molar-refractivity contribution in [2.24, 2.45) is 0 Å². The zero-order chi connectivity index (χ0) is 16.2. The van der Waals surface area contributed by atoms with Gasteiger partial charge >= 0.3 is 0 Å². The number of aromatic hydroxyl groups is 1. The quantitative estimate of drug-likeness (QED) is 0.693. The molecule has 3 aromatic rings. The van der Waals surface area contributed by atoms with Crippen LogP contribution in [-0.2, 0) is 11.2 Å². The lowest BCUT2D eigenvalue weighted by atomic mass is 10.1. The van der Waals surface area contributed by atoms with Gasteiger partial charge in [-0.15, -0.1) is 11.3 Å². The summed E-state index contributed by atoms with van der Waals surface area (Å²) in [6, 6.07) is 14.4. The Morgan fingerprint density at radius 2 is 2.00 bits per heavy atom. The van der Waals surface area contributed by atoms with Crippen molar-refractivity contribution in [2.45, 2.75) is 6.42 Å². The molecule has 1 amide bonds. The van der Waals surface area contributed by atoms with E-state index < -0.39 is 0 Å². The second-order valence-electron chi connectivity index (χ2n) is 4.94. The van der Waals surface area contributed by atoms with Crippen LogP contribution in [0, 0.1) is 0 Å². The van der Waals surface area contributed by atoms with Crippen LogP contribution in [0.2, 0.25) is 0 Å². The van der Waals surface area contributed by atoms with Gasteiger partial charge in [-0.2, -0.15) is 0 Å². The number of phenolic OH excluding ortho intramolecular Hbond substituents is 1. The number of carbonyl (C=O) groups is 1. The standard InChI is InChI=1S/C17H13BrN2O2S/c18-13-3-1-2-12(9-13)15-10-23-17(19-15)20-16(22)8-11-4-6-14(21)7-5-11/h1-7,9-10,21H,8H2,(H,19,20,22). The molecule has 2 aromatic carbocycles. The Morgan fingerprint density at radius 3 is 2.74 bits per heavy atom. The summed E-state index contributed by atoms with van der Waals surface area (Å²) in [6.45, 7) is 0. The van der Waals surface area contributed by atoms with E-state index in [-0.39, 0.29) is 18.1 Å². The monoisotopic (exact) mass is 388 g/mol. The summed E-state index contributed by atoms with van der Waals surface area (Å²) in [5.74, 6) is 0.0542. The van der Waals surface area contributed by atoms with Crippen molar-refractivity contribution >= 4 is 38.3 Å². The average molecular weight is 389 g/mol. The van der Waals surface area contributed by atoms with Crippen molar-refractivity contribution in [3.63, 3.8) is 0 Å². The number of rotatable bonds is 4. The summed E-state index contributed by atoms with van der Waals surface area (Å²) in [7, 11) is 0. The topological polar surface area (TPSA) is 62.2 Å². The van der Waals surface area contributed by atoms with Gasteiger partial charge in [-0.3, -0.25) is 4.79 Å². The van der Waals surface area contributed by atoms with Gasteiger partial charge in [0.05, 0.1) is 12.1 Å². The summed E-state index contributed by atoms with van der Waals surface area (Å²) in [4.78, 5) is 16.5. The lowest BCUT2D eigenvalue weighted by molar-refractivity contribution is -0.115. The fourth-order valence-electron chi connectivity index (χ4n) is 2.07. The average Bonchev–Trinajstić information content (AvgIpc) is 2.98. The highest BCUT2D eigenvalue weighted by Crippen LogP contribution is 2.27. The van der Waals surface area contributed by atoms with Crippen LogP contribution < -0.4 is 5.32 Å². The van der Waals surface area contributed by atoms with Gasteiger partial charge in [-0.1, -0.05) is 40.2 Å². The number of benzene rings is 2. The van der Waals surface area contributed by atoms with Crippen LogP contribution in [0.3, 0.4) is 0 Å². The van der Waals surface area contributed by atoms with Crippen molar-refractivity contribution in [3.05, 3.63) is 63.9 Å². The highest BCUT2D eigenvalue weighted by molar-refractivity contribution is 9.10. The molecular formula is C17H13BrN2O2S. The van der Waals surface area contributed by atoms with Crippen LogP contribution in [0.25, 0.3) is 11.3 Å². The third kappa shape index (κ3) is 4.18. The molecule has 3 rings (SSSR count). The Morgan fingerprint density at radius 1 is 1.22 bits per heavy atom. The molecule has 0 aliphatic rings. The second-order valence-corrected chi connectivity index (χ2v) is 6.71. The number of halogens is 1. The van der Waals surface area contributed by atoms with Crippen molar-refractivity contribution < 1.29 is 9.90 Å². The van der Waals surface area contributed by atoms with Gasteiger partial charge < -0.3 is 10.4 Å². The molecule has 1 aromatic heterocycles. The molecule has 0 fully saturated rings. The zero-order valence-corrected chi connectivity index (χ0v) is 14.4. The highest BCUT2D eigenvalue weighted by atomic mass is 79.9. The lowest BCUT2D eigenvalue weighted by Gasteiger charge is -2.02. The predicted molar refractivity (Wildman–Crippen MR) is 95.7 cm³/mol. The Kier molecular flexibility index (Phi) is 4.73. The van der Waals surface area contributed by atoms with E-state index in [1.165, 1.54) is 11.3 Å². The maximum Gasteiger partial charge on any atom is 0.230 e. The first kappa shape index (κ1) is 15.7. The minimum absolute atomic E-state index is 0.133. The van der Waals surface area contributed by atoms with E-state index in [1.54, 1.807) is 24.3 Å². The van der Waals surface area contributed by atoms with Crippen molar-refractivity contribution in [1.82, 2.24) is 4.98 Å². The van der Waals surface area contributed by atoms with Crippen LogP contribution >= 0.6 is 27.3 Å². The number of nitrogens with zero attached hydrogens (tertiary/aromatic N) is 1. The van der Waals surface area contributed by atoms with Gasteiger partial charge in [0.25, 0.3) is 0 Å². The minimum atomic E-state index is -0.133. The maximum absolute atomic E-state index is 12.1.